The fourth-order valence-electron chi connectivity index (χ4n) is 2.70. The van der Waals surface area contributed by atoms with Crippen LogP contribution in [-0.2, 0) is 4.79 Å². The maximum absolute atomic E-state index is 13.5. The number of nitrogens with two attached hydrogens (primary N) is 1. The number of hydrogen-bond acceptors (Lipinski definition) is 3. The number of piperidine rings is 1. The summed E-state index contributed by atoms with van der Waals surface area (Å²) in [5.41, 5.74) is 5.63. The molecule has 0 spiro atoms. The molecule has 2 atom stereocenters. The van der Waals surface area contributed by atoms with Crippen LogP contribution in [0.15, 0.2) is 18.2 Å². The van der Waals surface area contributed by atoms with Crippen LogP contribution in [0, 0.1) is 17.6 Å². The minimum absolute atomic E-state index is 0.122. The summed E-state index contributed by atoms with van der Waals surface area (Å²) in [6.07, 6.45) is 1.79. The van der Waals surface area contributed by atoms with Crippen LogP contribution in [-0.4, -0.2) is 36.5 Å². The van der Waals surface area contributed by atoms with Crippen molar-refractivity contribution < 1.29 is 13.6 Å². The molecule has 21 heavy (non-hydrogen) atoms. The highest BCUT2D eigenvalue weighted by atomic mass is 19.1. The summed E-state index contributed by atoms with van der Waals surface area (Å²) in [5, 5.41) is 2.31. The van der Waals surface area contributed by atoms with Gasteiger partial charge in [0, 0.05) is 19.1 Å². The first kappa shape index (κ1) is 15.9. The molecule has 1 fully saturated rings. The molecule has 1 aromatic rings. The van der Waals surface area contributed by atoms with Crippen molar-refractivity contribution >= 4 is 11.6 Å². The van der Waals surface area contributed by atoms with Gasteiger partial charge in [-0.15, -0.1) is 0 Å². The molecule has 116 valence electrons. The van der Waals surface area contributed by atoms with E-state index in [0.717, 1.165) is 38.1 Å². The first-order valence-corrected chi connectivity index (χ1v) is 7.23. The zero-order chi connectivity index (χ0) is 15.4. The molecular weight excluding hydrogens is 276 g/mol. The number of carbonyl (C=O) groups is 1. The lowest BCUT2D eigenvalue weighted by Gasteiger charge is -2.36. The van der Waals surface area contributed by atoms with Gasteiger partial charge in [-0.2, -0.15) is 0 Å². The molecule has 1 aromatic carbocycles. The van der Waals surface area contributed by atoms with Crippen LogP contribution < -0.4 is 11.1 Å². The largest absolute Gasteiger partial charge is 0.327 e. The van der Waals surface area contributed by atoms with Gasteiger partial charge < -0.3 is 11.1 Å². The number of rotatable bonds is 4. The van der Waals surface area contributed by atoms with Gasteiger partial charge in [0.25, 0.3) is 0 Å². The predicted molar refractivity (Wildman–Crippen MR) is 77.8 cm³/mol. The van der Waals surface area contributed by atoms with Gasteiger partial charge in [0.1, 0.15) is 17.3 Å². The fourth-order valence-corrected chi connectivity index (χ4v) is 2.70. The maximum atomic E-state index is 13.5. The van der Waals surface area contributed by atoms with Gasteiger partial charge in [0.15, 0.2) is 0 Å². The van der Waals surface area contributed by atoms with Gasteiger partial charge in [-0.05, 0) is 24.5 Å². The summed E-state index contributed by atoms with van der Waals surface area (Å²) in [6.45, 7) is 3.66. The molecule has 0 bridgehead atoms. The molecule has 1 heterocycles. The smallest absolute Gasteiger partial charge is 0.238 e. The lowest BCUT2D eigenvalue weighted by molar-refractivity contribution is -0.117. The molecule has 0 aliphatic carbocycles. The zero-order valence-corrected chi connectivity index (χ0v) is 12.1. The molecule has 0 radical (unpaired) electrons. The Morgan fingerprint density at radius 2 is 2.10 bits per heavy atom. The highest BCUT2D eigenvalue weighted by molar-refractivity contribution is 5.92. The lowest BCUT2D eigenvalue weighted by Crippen LogP contribution is -2.48. The number of hydrogen-bond donors (Lipinski definition) is 2. The fraction of sp³-hybridized carbons (Fsp3) is 0.533. The Balaban J connectivity index is 1.93. The molecule has 4 nitrogen and oxygen atoms in total. The van der Waals surface area contributed by atoms with Crippen molar-refractivity contribution in [3.63, 3.8) is 0 Å². The highest BCUT2D eigenvalue weighted by Crippen LogP contribution is 2.20. The normalized spacial score (nSPS) is 23.0. The Kier molecular flexibility index (Phi) is 5.25. The number of nitrogens with one attached hydrogen (secondary N) is 1. The van der Waals surface area contributed by atoms with Crippen molar-refractivity contribution in [3.8, 4) is 0 Å². The SMILES string of the molecule is CCC1CN(CC(=O)Nc2c(F)cccc2F)CCC1N. The quantitative estimate of drug-likeness (QED) is 0.893. The molecule has 1 aliphatic rings. The topological polar surface area (TPSA) is 58.4 Å². The molecule has 0 saturated carbocycles. The number of likely N-dealkylation sites (tertiary alicyclic amines) is 1. The minimum atomic E-state index is -0.768. The van der Waals surface area contributed by atoms with E-state index in [1.165, 1.54) is 6.07 Å². The van der Waals surface area contributed by atoms with E-state index >= 15 is 0 Å². The zero-order valence-electron chi connectivity index (χ0n) is 12.1. The Hall–Kier alpha value is -1.53. The van der Waals surface area contributed by atoms with Gasteiger partial charge in [-0.3, -0.25) is 9.69 Å². The van der Waals surface area contributed by atoms with E-state index in [4.69, 9.17) is 5.73 Å². The summed E-state index contributed by atoms with van der Waals surface area (Å²) in [7, 11) is 0. The van der Waals surface area contributed by atoms with E-state index in [0.29, 0.717) is 5.92 Å². The van der Waals surface area contributed by atoms with E-state index in [1.807, 2.05) is 4.90 Å². The van der Waals surface area contributed by atoms with Crippen LogP contribution in [0.4, 0.5) is 14.5 Å². The Morgan fingerprint density at radius 3 is 2.71 bits per heavy atom. The van der Waals surface area contributed by atoms with Crippen LogP contribution in [0.25, 0.3) is 0 Å². The molecule has 2 unspecified atom stereocenters. The van der Waals surface area contributed by atoms with Crippen LogP contribution in [0.2, 0.25) is 0 Å². The molecule has 0 aromatic heterocycles. The first-order valence-electron chi connectivity index (χ1n) is 7.23. The molecule has 2 rings (SSSR count). The number of nitrogens with zero attached hydrogens (tertiary/aromatic N) is 1. The third-order valence-corrected chi connectivity index (χ3v) is 4.00. The van der Waals surface area contributed by atoms with Crippen LogP contribution >= 0.6 is 0 Å². The molecular formula is C15H21F2N3O. The lowest BCUT2D eigenvalue weighted by atomic mass is 9.91. The van der Waals surface area contributed by atoms with Crippen molar-refractivity contribution in [1.29, 1.82) is 0 Å². The second-order valence-corrected chi connectivity index (χ2v) is 5.50. The Morgan fingerprint density at radius 1 is 1.43 bits per heavy atom. The van der Waals surface area contributed by atoms with Crippen LogP contribution in [0.5, 0.6) is 0 Å². The highest BCUT2D eigenvalue weighted by Gasteiger charge is 2.26. The number of para-hydroxylation sites is 1. The van der Waals surface area contributed by atoms with Gasteiger partial charge in [0.2, 0.25) is 5.91 Å². The number of carbonyl (C=O) groups excluding carboxylic acids is 1. The van der Waals surface area contributed by atoms with Crippen molar-refractivity contribution in [2.24, 2.45) is 11.7 Å². The van der Waals surface area contributed by atoms with Gasteiger partial charge >= 0.3 is 0 Å². The summed E-state index contributed by atoms with van der Waals surface area (Å²) in [5.74, 6) is -1.59. The number of halogens is 2. The molecule has 1 saturated heterocycles. The summed E-state index contributed by atoms with van der Waals surface area (Å²) >= 11 is 0. The van der Waals surface area contributed by atoms with Gasteiger partial charge in [-0.25, -0.2) is 8.78 Å². The second kappa shape index (κ2) is 6.95. The van der Waals surface area contributed by atoms with Crippen molar-refractivity contribution in [2.45, 2.75) is 25.8 Å². The number of amides is 1. The second-order valence-electron chi connectivity index (χ2n) is 5.50. The third kappa shape index (κ3) is 3.98. The van der Waals surface area contributed by atoms with Crippen molar-refractivity contribution in [2.75, 3.05) is 25.0 Å². The summed E-state index contributed by atoms with van der Waals surface area (Å²) in [6, 6.07) is 3.66. The molecule has 1 aliphatic heterocycles. The van der Waals surface area contributed by atoms with E-state index in [9.17, 15) is 13.6 Å². The molecule has 3 N–H and O–H groups in total. The monoisotopic (exact) mass is 297 g/mol. The standard InChI is InChI=1S/C15H21F2N3O/c1-2-10-8-20(7-6-13(10)18)9-14(21)19-15-11(16)4-3-5-12(15)17/h3-5,10,13H,2,6-9,18H2,1H3,(H,19,21). The predicted octanol–water partition coefficient (Wildman–Crippen LogP) is 1.96. The summed E-state index contributed by atoms with van der Waals surface area (Å²) < 4.78 is 26.9. The van der Waals surface area contributed by atoms with Gasteiger partial charge in [-0.1, -0.05) is 19.4 Å². The van der Waals surface area contributed by atoms with Crippen molar-refractivity contribution in [1.82, 2.24) is 4.90 Å². The van der Waals surface area contributed by atoms with Crippen LogP contribution in [0.1, 0.15) is 19.8 Å². The van der Waals surface area contributed by atoms with Crippen molar-refractivity contribution in [3.05, 3.63) is 29.8 Å². The van der Waals surface area contributed by atoms with E-state index < -0.39 is 17.5 Å². The molecule has 6 heteroatoms. The van der Waals surface area contributed by atoms with E-state index in [-0.39, 0.29) is 18.3 Å². The summed E-state index contributed by atoms with van der Waals surface area (Å²) in [4.78, 5) is 13.9. The average molecular weight is 297 g/mol. The Labute approximate surface area is 123 Å². The maximum Gasteiger partial charge on any atom is 0.238 e. The minimum Gasteiger partial charge on any atom is -0.327 e. The number of benzene rings is 1. The average Bonchev–Trinajstić information content (AvgIpc) is 2.45. The Bertz CT molecular complexity index is 489. The first-order chi connectivity index (χ1) is 10.0. The molecule has 1 amide bonds. The number of anilines is 1. The van der Waals surface area contributed by atoms with Crippen LogP contribution in [0.3, 0.4) is 0 Å². The van der Waals surface area contributed by atoms with E-state index in [2.05, 4.69) is 12.2 Å². The third-order valence-electron chi connectivity index (χ3n) is 4.00. The van der Waals surface area contributed by atoms with E-state index in [1.54, 1.807) is 0 Å². The van der Waals surface area contributed by atoms with Gasteiger partial charge in [0.05, 0.1) is 6.54 Å².